The number of carbonyl (C=O) groups is 1. The molecule has 130 valence electrons. The van der Waals surface area contributed by atoms with Crippen LogP contribution in [0.25, 0.3) is 0 Å². The molecule has 0 radical (unpaired) electrons. The Bertz CT molecular complexity index is 601. The number of esters is 1. The summed E-state index contributed by atoms with van der Waals surface area (Å²) in [5.41, 5.74) is 0.386. The summed E-state index contributed by atoms with van der Waals surface area (Å²) < 4.78 is 21.7. The van der Waals surface area contributed by atoms with Crippen LogP contribution in [-0.4, -0.2) is 48.7 Å². The number of aliphatic hydroxyl groups is 1. The van der Waals surface area contributed by atoms with Gasteiger partial charge in [0.15, 0.2) is 6.29 Å². The fourth-order valence-electron chi connectivity index (χ4n) is 2.79. The molecule has 2 aliphatic heterocycles. The zero-order valence-corrected chi connectivity index (χ0v) is 13.8. The van der Waals surface area contributed by atoms with Crippen LogP contribution in [0.2, 0.25) is 0 Å². The Hall–Kier alpha value is -1.73. The highest BCUT2D eigenvalue weighted by Gasteiger charge is 2.52. The first kappa shape index (κ1) is 17.1. The van der Waals surface area contributed by atoms with Gasteiger partial charge in [0.1, 0.15) is 11.7 Å². The maximum Gasteiger partial charge on any atom is 0.330 e. The third-order valence-corrected chi connectivity index (χ3v) is 4.39. The van der Waals surface area contributed by atoms with Crippen molar-refractivity contribution in [1.82, 2.24) is 0 Å². The number of hydrogen-bond donors (Lipinski definition) is 1. The van der Waals surface area contributed by atoms with Gasteiger partial charge in [0, 0.05) is 18.1 Å². The van der Waals surface area contributed by atoms with Gasteiger partial charge in [-0.25, -0.2) is 4.79 Å². The van der Waals surface area contributed by atoms with Crippen molar-refractivity contribution in [2.75, 3.05) is 13.7 Å². The van der Waals surface area contributed by atoms with Gasteiger partial charge in [-0.15, -0.1) is 0 Å². The highest BCUT2D eigenvalue weighted by molar-refractivity contribution is 5.82. The van der Waals surface area contributed by atoms with Crippen LogP contribution in [0.1, 0.15) is 25.2 Å². The summed E-state index contributed by atoms with van der Waals surface area (Å²) in [6, 6.07) is 9.61. The molecule has 0 unspecified atom stereocenters. The number of ether oxygens (including phenoxy) is 4. The van der Waals surface area contributed by atoms with Gasteiger partial charge in [-0.05, 0) is 13.0 Å². The number of methoxy groups -OCH3 is 1. The molecule has 3 rings (SSSR count). The van der Waals surface area contributed by atoms with Gasteiger partial charge >= 0.3 is 5.97 Å². The lowest BCUT2D eigenvalue weighted by molar-refractivity contribution is -0.258. The summed E-state index contributed by atoms with van der Waals surface area (Å²) in [6.45, 7) is 2.10. The number of aliphatic hydroxyl groups excluding tert-OH is 1. The van der Waals surface area contributed by atoms with Crippen LogP contribution in [0, 0.1) is 0 Å². The number of carbonyl (C=O) groups excluding carboxylic acids is 1. The smallest absolute Gasteiger partial charge is 0.330 e. The molecule has 5 atom stereocenters. The molecule has 2 heterocycles. The Kier molecular flexibility index (Phi) is 5.01. The van der Waals surface area contributed by atoms with Gasteiger partial charge in [0.2, 0.25) is 0 Å². The molecule has 2 fully saturated rings. The van der Waals surface area contributed by atoms with E-state index in [2.05, 4.69) is 4.74 Å². The molecule has 2 aliphatic rings. The predicted molar refractivity (Wildman–Crippen MR) is 85.1 cm³/mol. The number of rotatable bonds is 5. The van der Waals surface area contributed by atoms with E-state index in [1.807, 2.05) is 37.3 Å². The number of hydrogen-bond acceptors (Lipinski definition) is 6. The van der Waals surface area contributed by atoms with E-state index >= 15 is 0 Å². The Labute approximate surface area is 141 Å². The molecule has 6 heteroatoms. The lowest BCUT2D eigenvalue weighted by atomic mass is 9.99. The summed E-state index contributed by atoms with van der Waals surface area (Å²) in [4.78, 5) is 11.2. The van der Waals surface area contributed by atoms with E-state index in [1.165, 1.54) is 13.2 Å². The van der Waals surface area contributed by atoms with Crippen molar-refractivity contribution in [3.8, 4) is 0 Å². The van der Waals surface area contributed by atoms with Crippen LogP contribution in [0.4, 0.5) is 0 Å². The van der Waals surface area contributed by atoms with E-state index < -0.39 is 24.0 Å². The maximum atomic E-state index is 11.2. The summed E-state index contributed by atoms with van der Waals surface area (Å²) >= 11 is 0. The Balaban J connectivity index is 1.58. The van der Waals surface area contributed by atoms with Gasteiger partial charge in [0.05, 0.1) is 25.9 Å². The lowest BCUT2D eigenvalue weighted by Gasteiger charge is -2.34. The summed E-state index contributed by atoms with van der Waals surface area (Å²) in [5, 5.41) is 10.1. The fraction of sp³-hybridized carbons (Fsp3) is 0.500. The second-order valence-electron chi connectivity index (χ2n) is 6.20. The monoisotopic (exact) mass is 334 g/mol. The molecule has 1 aromatic carbocycles. The lowest BCUT2D eigenvalue weighted by Crippen LogP contribution is -2.41. The molecule has 0 bridgehead atoms. The average Bonchev–Trinajstić information content (AvgIpc) is 3.25. The molecule has 1 aromatic rings. The summed E-state index contributed by atoms with van der Waals surface area (Å²) in [7, 11) is 1.33. The molecular formula is C18H22O6. The zero-order valence-electron chi connectivity index (χ0n) is 13.8. The van der Waals surface area contributed by atoms with E-state index in [1.54, 1.807) is 6.08 Å². The standard InChI is InChI=1S/C18H22O6/c1-18(9-8-16(20)21-2)15(24-18)10-14-13(19)11-22-17(23-14)12-6-4-3-5-7-12/h3-9,13-15,17,19H,10-11H2,1-2H3/b9-8+/t13-,14+,15-,17-,18-/m1/s1. The second-order valence-corrected chi connectivity index (χ2v) is 6.20. The molecule has 0 saturated carbocycles. The van der Waals surface area contributed by atoms with Crippen LogP contribution in [0.3, 0.4) is 0 Å². The molecule has 6 nitrogen and oxygen atoms in total. The van der Waals surface area contributed by atoms with E-state index in [-0.39, 0.29) is 18.8 Å². The predicted octanol–water partition coefficient (Wildman–Crippen LogP) is 1.74. The number of benzene rings is 1. The van der Waals surface area contributed by atoms with Crippen LogP contribution >= 0.6 is 0 Å². The van der Waals surface area contributed by atoms with Crippen LogP contribution in [-0.2, 0) is 23.7 Å². The maximum absolute atomic E-state index is 11.2. The molecule has 0 spiro atoms. The Morgan fingerprint density at radius 3 is 2.88 bits per heavy atom. The first-order valence-corrected chi connectivity index (χ1v) is 7.97. The summed E-state index contributed by atoms with van der Waals surface area (Å²) in [5.74, 6) is -0.419. The molecule has 0 amide bonds. The van der Waals surface area contributed by atoms with E-state index in [9.17, 15) is 9.90 Å². The third-order valence-electron chi connectivity index (χ3n) is 4.39. The summed E-state index contributed by atoms with van der Waals surface area (Å²) in [6.07, 6.45) is 1.86. The minimum absolute atomic E-state index is 0.118. The molecule has 0 aliphatic carbocycles. The Morgan fingerprint density at radius 2 is 2.17 bits per heavy atom. The van der Waals surface area contributed by atoms with Crippen LogP contribution in [0.5, 0.6) is 0 Å². The second kappa shape index (κ2) is 7.03. The van der Waals surface area contributed by atoms with Crippen molar-refractivity contribution in [1.29, 1.82) is 0 Å². The van der Waals surface area contributed by atoms with Gasteiger partial charge in [0.25, 0.3) is 0 Å². The first-order valence-electron chi connectivity index (χ1n) is 7.97. The van der Waals surface area contributed by atoms with Crippen molar-refractivity contribution in [2.24, 2.45) is 0 Å². The van der Waals surface area contributed by atoms with E-state index in [0.717, 1.165) is 5.56 Å². The van der Waals surface area contributed by atoms with Gasteiger partial charge in [-0.1, -0.05) is 30.3 Å². The van der Waals surface area contributed by atoms with Crippen LogP contribution < -0.4 is 0 Å². The quantitative estimate of drug-likeness (QED) is 0.502. The Morgan fingerprint density at radius 1 is 1.42 bits per heavy atom. The van der Waals surface area contributed by atoms with Crippen LogP contribution in [0.15, 0.2) is 42.5 Å². The molecule has 24 heavy (non-hydrogen) atoms. The normalized spacial score (nSPS) is 35.8. The molecule has 1 N–H and O–H groups in total. The SMILES string of the molecule is COC(=O)/C=C/[C@@]1(C)O[C@@H]1C[C@@H]1O[C@H](c2ccccc2)OC[C@H]1O. The average molecular weight is 334 g/mol. The highest BCUT2D eigenvalue weighted by Crippen LogP contribution is 2.42. The first-order chi connectivity index (χ1) is 11.5. The van der Waals surface area contributed by atoms with Crippen molar-refractivity contribution in [3.05, 3.63) is 48.0 Å². The van der Waals surface area contributed by atoms with Gasteiger partial charge in [-0.3, -0.25) is 0 Å². The van der Waals surface area contributed by atoms with Gasteiger partial charge in [-0.2, -0.15) is 0 Å². The molecular weight excluding hydrogens is 312 g/mol. The fourth-order valence-corrected chi connectivity index (χ4v) is 2.79. The largest absolute Gasteiger partial charge is 0.466 e. The highest BCUT2D eigenvalue weighted by atomic mass is 16.7. The van der Waals surface area contributed by atoms with E-state index in [0.29, 0.717) is 6.42 Å². The zero-order chi connectivity index (χ0) is 17.2. The minimum Gasteiger partial charge on any atom is -0.466 e. The van der Waals surface area contributed by atoms with Crippen molar-refractivity contribution in [3.63, 3.8) is 0 Å². The van der Waals surface area contributed by atoms with Crippen molar-refractivity contribution in [2.45, 2.75) is 43.5 Å². The van der Waals surface area contributed by atoms with Crippen molar-refractivity contribution >= 4 is 5.97 Å². The number of epoxide rings is 1. The minimum atomic E-state index is -0.706. The third kappa shape index (κ3) is 3.84. The topological polar surface area (TPSA) is 77.5 Å². The molecule has 2 saturated heterocycles. The van der Waals surface area contributed by atoms with Crippen molar-refractivity contribution < 1.29 is 28.8 Å². The van der Waals surface area contributed by atoms with Gasteiger partial charge < -0.3 is 24.1 Å². The molecule has 0 aromatic heterocycles. The van der Waals surface area contributed by atoms with E-state index in [4.69, 9.17) is 14.2 Å².